The van der Waals surface area contributed by atoms with E-state index in [1.165, 1.54) is 5.56 Å². The molecule has 0 heterocycles. The van der Waals surface area contributed by atoms with Gasteiger partial charge in [0.15, 0.2) is 0 Å². The van der Waals surface area contributed by atoms with Gasteiger partial charge in [-0.3, -0.25) is 0 Å². The SMILES string of the molecule is CC.CC(C)(N)C(C)(C)c1ccccc1.CC(C)C. The minimum atomic E-state index is -0.200. The molecule has 19 heavy (non-hydrogen) atoms. The zero-order valence-electron chi connectivity index (χ0n) is 14.5. The van der Waals surface area contributed by atoms with Crippen LogP contribution in [-0.2, 0) is 5.41 Å². The summed E-state index contributed by atoms with van der Waals surface area (Å²) in [5, 5.41) is 0. The lowest BCUT2D eigenvalue weighted by molar-refractivity contribution is 0.306. The number of rotatable bonds is 2. The van der Waals surface area contributed by atoms with Crippen LogP contribution >= 0.6 is 0 Å². The van der Waals surface area contributed by atoms with E-state index >= 15 is 0 Å². The minimum Gasteiger partial charge on any atom is -0.325 e. The number of hydrogen-bond donors (Lipinski definition) is 1. The van der Waals surface area contributed by atoms with Crippen molar-refractivity contribution in [1.82, 2.24) is 0 Å². The van der Waals surface area contributed by atoms with Gasteiger partial charge in [-0.15, -0.1) is 0 Å². The standard InChI is InChI=1S/C12H19N.C4H10.C2H6/c1-11(2,12(3,4)13)10-8-6-5-7-9-10;1-4(2)3;1-2/h5-9H,13H2,1-4H3;4H,1-3H3;1-2H3. The predicted octanol–water partition coefficient (Wildman–Crippen LogP) is 5.39. The van der Waals surface area contributed by atoms with Crippen molar-refractivity contribution in [2.75, 3.05) is 0 Å². The first-order chi connectivity index (χ1) is 8.59. The second kappa shape index (κ2) is 9.14. The molecule has 112 valence electrons. The first-order valence-corrected chi connectivity index (χ1v) is 7.43. The zero-order valence-corrected chi connectivity index (χ0v) is 14.5. The Morgan fingerprint density at radius 2 is 1.16 bits per heavy atom. The van der Waals surface area contributed by atoms with Gasteiger partial charge in [-0.05, 0) is 25.3 Å². The van der Waals surface area contributed by atoms with Crippen LogP contribution in [0.5, 0.6) is 0 Å². The van der Waals surface area contributed by atoms with Crippen LogP contribution in [0.3, 0.4) is 0 Å². The third-order valence-electron chi connectivity index (χ3n) is 3.11. The maximum Gasteiger partial charge on any atom is 0.0189 e. The Kier molecular flexibility index (Phi) is 9.86. The minimum absolute atomic E-state index is 0.00819. The average molecular weight is 265 g/mol. The Morgan fingerprint density at radius 3 is 1.42 bits per heavy atom. The van der Waals surface area contributed by atoms with Crippen molar-refractivity contribution in [3.8, 4) is 0 Å². The van der Waals surface area contributed by atoms with E-state index in [1.807, 2.05) is 19.9 Å². The quantitative estimate of drug-likeness (QED) is 0.762. The molecular formula is C18H35N. The van der Waals surface area contributed by atoms with Crippen LogP contribution in [0.1, 0.15) is 67.9 Å². The maximum atomic E-state index is 6.15. The van der Waals surface area contributed by atoms with Gasteiger partial charge in [0.1, 0.15) is 0 Å². The fourth-order valence-corrected chi connectivity index (χ4v) is 1.23. The van der Waals surface area contributed by atoms with Gasteiger partial charge >= 0.3 is 0 Å². The molecule has 0 aliphatic carbocycles. The largest absolute Gasteiger partial charge is 0.325 e. The number of hydrogen-bond acceptors (Lipinski definition) is 1. The fourth-order valence-electron chi connectivity index (χ4n) is 1.23. The third kappa shape index (κ3) is 8.05. The lowest BCUT2D eigenvalue weighted by Gasteiger charge is -2.39. The second-order valence-electron chi connectivity index (χ2n) is 6.44. The van der Waals surface area contributed by atoms with Gasteiger partial charge in [0.25, 0.3) is 0 Å². The fraction of sp³-hybridized carbons (Fsp3) is 0.667. The monoisotopic (exact) mass is 265 g/mol. The topological polar surface area (TPSA) is 26.0 Å². The van der Waals surface area contributed by atoms with Crippen molar-refractivity contribution in [1.29, 1.82) is 0 Å². The summed E-state index contributed by atoms with van der Waals surface area (Å²) in [7, 11) is 0. The highest BCUT2D eigenvalue weighted by Crippen LogP contribution is 2.32. The molecule has 0 radical (unpaired) electrons. The molecule has 0 spiro atoms. The molecule has 1 heteroatoms. The number of nitrogens with two attached hydrogens (primary N) is 1. The molecule has 1 aromatic carbocycles. The van der Waals surface area contributed by atoms with Crippen molar-refractivity contribution in [3.05, 3.63) is 35.9 Å². The Hall–Kier alpha value is -0.820. The highest BCUT2D eigenvalue weighted by Gasteiger charge is 2.34. The lowest BCUT2D eigenvalue weighted by atomic mass is 9.70. The first-order valence-electron chi connectivity index (χ1n) is 7.43. The summed E-state index contributed by atoms with van der Waals surface area (Å²) >= 11 is 0. The second-order valence-corrected chi connectivity index (χ2v) is 6.44. The summed E-state index contributed by atoms with van der Waals surface area (Å²) < 4.78 is 0. The van der Waals surface area contributed by atoms with Gasteiger partial charge < -0.3 is 5.73 Å². The van der Waals surface area contributed by atoms with E-state index < -0.39 is 0 Å². The zero-order chi connectivity index (χ0) is 15.7. The van der Waals surface area contributed by atoms with Crippen LogP contribution in [0.25, 0.3) is 0 Å². The molecule has 1 nitrogen and oxygen atoms in total. The lowest BCUT2D eigenvalue weighted by Crippen LogP contribution is -2.50. The van der Waals surface area contributed by atoms with Gasteiger partial charge in [0.05, 0.1) is 0 Å². The predicted molar refractivity (Wildman–Crippen MR) is 89.6 cm³/mol. The Bertz CT molecular complexity index is 301. The molecule has 0 unspecified atom stereocenters. The van der Waals surface area contributed by atoms with Crippen molar-refractivity contribution in [2.45, 2.75) is 73.3 Å². The highest BCUT2D eigenvalue weighted by atomic mass is 14.7. The smallest absolute Gasteiger partial charge is 0.0189 e. The van der Waals surface area contributed by atoms with Crippen LogP contribution in [-0.4, -0.2) is 5.54 Å². The van der Waals surface area contributed by atoms with Gasteiger partial charge in [0.2, 0.25) is 0 Å². The first kappa shape index (κ1) is 20.5. The van der Waals surface area contributed by atoms with Gasteiger partial charge in [0, 0.05) is 11.0 Å². The Balaban J connectivity index is 0. The molecule has 0 amide bonds. The highest BCUT2D eigenvalue weighted by molar-refractivity contribution is 5.27. The van der Waals surface area contributed by atoms with E-state index in [4.69, 9.17) is 5.73 Å². The normalized spacial score (nSPS) is 11.1. The summed E-state index contributed by atoms with van der Waals surface area (Å²) in [5.41, 5.74) is 7.25. The molecule has 0 bridgehead atoms. The van der Waals surface area contributed by atoms with Crippen molar-refractivity contribution in [3.63, 3.8) is 0 Å². The molecule has 2 N–H and O–H groups in total. The van der Waals surface area contributed by atoms with E-state index in [0.717, 1.165) is 5.92 Å². The third-order valence-corrected chi connectivity index (χ3v) is 3.11. The molecule has 0 atom stereocenters. The van der Waals surface area contributed by atoms with Crippen LogP contribution in [0.15, 0.2) is 30.3 Å². The van der Waals surface area contributed by atoms with Gasteiger partial charge in [-0.25, -0.2) is 0 Å². The van der Waals surface area contributed by atoms with Gasteiger partial charge in [-0.2, -0.15) is 0 Å². The molecule has 1 rings (SSSR count). The summed E-state index contributed by atoms with van der Waals surface area (Å²) in [4.78, 5) is 0. The Labute approximate surface area is 121 Å². The van der Waals surface area contributed by atoms with E-state index in [2.05, 4.69) is 72.7 Å². The van der Waals surface area contributed by atoms with Crippen molar-refractivity contribution >= 4 is 0 Å². The molecular weight excluding hydrogens is 230 g/mol. The summed E-state index contributed by atoms with van der Waals surface area (Å²) in [6.07, 6.45) is 0. The summed E-state index contributed by atoms with van der Waals surface area (Å²) in [6, 6.07) is 10.4. The molecule has 0 saturated carbocycles. The molecule has 0 aliphatic heterocycles. The molecule has 0 aromatic heterocycles. The average Bonchev–Trinajstić information content (AvgIpc) is 2.30. The Morgan fingerprint density at radius 1 is 0.842 bits per heavy atom. The molecule has 1 aromatic rings. The van der Waals surface area contributed by atoms with E-state index in [-0.39, 0.29) is 11.0 Å². The van der Waals surface area contributed by atoms with Crippen LogP contribution in [0.2, 0.25) is 0 Å². The van der Waals surface area contributed by atoms with Crippen molar-refractivity contribution in [2.24, 2.45) is 11.7 Å². The van der Waals surface area contributed by atoms with E-state index in [9.17, 15) is 0 Å². The summed E-state index contributed by atoms with van der Waals surface area (Å²) in [6.45, 7) is 19.0. The summed E-state index contributed by atoms with van der Waals surface area (Å²) in [5.74, 6) is 0.833. The molecule has 0 fully saturated rings. The van der Waals surface area contributed by atoms with Crippen LogP contribution < -0.4 is 5.73 Å². The van der Waals surface area contributed by atoms with Crippen molar-refractivity contribution < 1.29 is 0 Å². The van der Waals surface area contributed by atoms with E-state index in [1.54, 1.807) is 0 Å². The van der Waals surface area contributed by atoms with E-state index in [0.29, 0.717) is 0 Å². The van der Waals surface area contributed by atoms with Crippen LogP contribution in [0.4, 0.5) is 0 Å². The van der Waals surface area contributed by atoms with Gasteiger partial charge in [-0.1, -0.05) is 78.8 Å². The molecule has 0 aliphatic rings. The van der Waals surface area contributed by atoms with Crippen LogP contribution in [0, 0.1) is 5.92 Å². The maximum absolute atomic E-state index is 6.15. The number of benzene rings is 1. The molecule has 0 saturated heterocycles.